The first kappa shape index (κ1) is 39.7. The monoisotopic (exact) mass is 798 g/mol. The lowest BCUT2D eigenvalue weighted by molar-refractivity contribution is 0.0945. The first-order chi connectivity index (χ1) is 28.8. The van der Waals surface area contributed by atoms with Gasteiger partial charge in [-0.05, 0) is 123 Å². The molecule has 12 heteroatoms. The van der Waals surface area contributed by atoms with E-state index >= 15 is 0 Å². The molecule has 0 unspecified atom stereocenters. The first-order valence-corrected chi connectivity index (χ1v) is 20.0. The summed E-state index contributed by atoms with van der Waals surface area (Å²) in [5, 5.41) is 2.86. The van der Waals surface area contributed by atoms with Crippen LogP contribution in [0.5, 0.6) is 46.0 Å². The number of aromatic nitrogens is 1. The molecule has 5 heterocycles. The van der Waals surface area contributed by atoms with Crippen LogP contribution in [0, 0.1) is 0 Å². The lowest BCUT2D eigenvalue weighted by Gasteiger charge is -2.37. The Morgan fingerprint density at radius 1 is 0.814 bits per heavy atom. The average Bonchev–Trinajstić information content (AvgIpc) is 3.26. The molecule has 9 rings (SSSR count). The number of rotatable bonds is 10. The number of nitrogens with one attached hydrogen (secondary N) is 1. The SMILES string of the molecule is COc1cc2c3cc1Oc1c(OC)c(OC)cc4c1[C@@H](Cc1ccc(OCCCNC(=O)c5cnccc5C=O)c(c1)Oc1ccc(cc1)C[C@@H]3N(C)CC2)N(C)CC4. The van der Waals surface area contributed by atoms with Crippen LogP contribution >= 0.6 is 0 Å². The number of fused-ring (bicyclic) bond motifs is 2. The van der Waals surface area contributed by atoms with Crippen molar-refractivity contribution >= 4 is 12.2 Å². The first-order valence-electron chi connectivity index (χ1n) is 20.0. The molecule has 59 heavy (non-hydrogen) atoms. The number of likely N-dealkylation sites (N-methyl/N-ethyl adjacent to an activating group) is 2. The van der Waals surface area contributed by atoms with Crippen LogP contribution < -0.4 is 33.7 Å². The number of carbonyl (C=O) groups is 2. The number of ether oxygens (including phenoxy) is 6. The van der Waals surface area contributed by atoms with Crippen molar-refractivity contribution in [3.05, 3.63) is 124 Å². The molecule has 0 spiro atoms. The summed E-state index contributed by atoms with van der Waals surface area (Å²) in [6, 6.07) is 22.3. The fourth-order valence-corrected chi connectivity index (χ4v) is 8.48. The highest BCUT2D eigenvalue weighted by Gasteiger charge is 2.35. The maximum absolute atomic E-state index is 12.7. The molecule has 0 radical (unpaired) electrons. The van der Waals surface area contributed by atoms with Crippen molar-refractivity contribution in [1.82, 2.24) is 20.1 Å². The van der Waals surface area contributed by atoms with Gasteiger partial charge in [0.2, 0.25) is 5.75 Å². The second kappa shape index (κ2) is 17.4. The number of hydrogen-bond acceptors (Lipinski definition) is 11. The van der Waals surface area contributed by atoms with Gasteiger partial charge in [-0.1, -0.05) is 18.2 Å². The molecule has 306 valence electrons. The Morgan fingerprint density at radius 3 is 2.29 bits per heavy atom. The predicted molar refractivity (Wildman–Crippen MR) is 223 cm³/mol. The molecule has 0 aliphatic carbocycles. The lowest BCUT2D eigenvalue weighted by Crippen LogP contribution is -2.34. The molecule has 6 bridgehead atoms. The number of pyridine rings is 1. The minimum atomic E-state index is -0.357. The fourth-order valence-electron chi connectivity index (χ4n) is 8.48. The van der Waals surface area contributed by atoms with E-state index < -0.39 is 0 Å². The molecular formula is C47H50N4O8. The Kier molecular flexibility index (Phi) is 11.7. The van der Waals surface area contributed by atoms with Gasteiger partial charge in [0.15, 0.2) is 40.8 Å². The summed E-state index contributed by atoms with van der Waals surface area (Å²) in [6.45, 7) is 2.43. The van der Waals surface area contributed by atoms with E-state index in [0.717, 1.165) is 49.0 Å². The van der Waals surface area contributed by atoms with E-state index in [1.165, 1.54) is 35.2 Å². The Balaban J connectivity index is 1.16. The molecular weight excluding hydrogens is 749 g/mol. The maximum atomic E-state index is 12.7. The van der Waals surface area contributed by atoms with Crippen molar-refractivity contribution in [3.8, 4) is 46.0 Å². The largest absolute Gasteiger partial charge is 0.493 e. The second-order valence-electron chi connectivity index (χ2n) is 15.3. The van der Waals surface area contributed by atoms with Crippen molar-refractivity contribution in [2.75, 3.05) is 61.7 Å². The van der Waals surface area contributed by atoms with E-state index in [1.807, 2.05) is 24.3 Å². The summed E-state index contributed by atoms with van der Waals surface area (Å²) in [5.74, 6) is 4.57. The van der Waals surface area contributed by atoms with E-state index in [9.17, 15) is 9.59 Å². The van der Waals surface area contributed by atoms with E-state index in [-0.39, 0.29) is 23.6 Å². The molecule has 1 aromatic heterocycles. The molecule has 5 aromatic rings. The molecule has 4 aliphatic rings. The highest BCUT2D eigenvalue weighted by atomic mass is 16.5. The number of amides is 1. The summed E-state index contributed by atoms with van der Waals surface area (Å²) >= 11 is 0. The van der Waals surface area contributed by atoms with Gasteiger partial charge in [-0.2, -0.15) is 0 Å². The number of methoxy groups -OCH3 is 3. The zero-order valence-electron chi connectivity index (χ0n) is 34.2. The van der Waals surface area contributed by atoms with E-state index in [0.29, 0.717) is 83.8 Å². The molecule has 1 N–H and O–H groups in total. The molecule has 4 aromatic carbocycles. The van der Waals surface area contributed by atoms with Crippen molar-refractivity contribution in [2.24, 2.45) is 0 Å². The number of carbonyl (C=O) groups excluding carboxylic acids is 2. The third kappa shape index (κ3) is 8.15. The van der Waals surface area contributed by atoms with Crippen molar-refractivity contribution in [1.29, 1.82) is 0 Å². The minimum absolute atomic E-state index is 0.0861. The minimum Gasteiger partial charge on any atom is -0.493 e. The zero-order valence-corrected chi connectivity index (χ0v) is 34.2. The van der Waals surface area contributed by atoms with Crippen molar-refractivity contribution in [3.63, 3.8) is 0 Å². The number of nitrogens with zero attached hydrogens (tertiary/aromatic N) is 3. The van der Waals surface area contributed by atoms with Gasteiger partial charge in [0.1, 0.15) is 5.75 Å². The van der Waals surface area contributed by atoms with Gasteiger partial charge in [-0.3, -0.25) is 24.4 Å². The van der Waals surface area contributed by atoms with Crippen LogP contribution in [-0.4, -0.2) is 88.6 Å². The number of aldehydes is 1. The van der Waals surface area contributed by atoms with Gasteiger partial charge in [0.05, 0.1) is 33.5 Å². The van der Waals surface area contributed by atoms with Gasteiger partial charge in [0.25, 0.3) is 5.91 Å². The quantitative estimate of drug-likeness (QED) is 0.111. The Morgan fingerprint density at radius 2 is 1.53 bits per heavy atom. The van der Waals surface area contributed by atoms with Crippen LogP contribution in [0.1, 0.15) is 72.6 Å². The Hall–Kier alpha value is -6.11. The maximum Gasteiger partial charge on any atom is 0.253 e. The van der Waals surface area contributed by atoms with Crippen LogP contribution in [0.4, 0.5) is 0 Å². The van der Waals surface area contributed by atoms with E-state index in [1.54, 1.807) is 21.3 Å². The molecule has 1 amide bonds. The summed E-state index contributed by atoms with van der Waals surface area (Å²) in [6.07, 6.45) is 7.21. The van der Waals surface area contributed by atoms with E-state index in [2.05, 4.69) is 70.6 Å². The third-order valence-corrected chi connectivity index (χ3v) is 11.7. The summed E-state index contributed by atoms with van der Waals surface area (Å²) < 4.78 is 38.0. The van der Waals surface area contributed by atoms with Gasteiger partial charge in [0, 0.05) is 55.2 Å². The smallest absolute Gasteiger partial charge is 0.253 e. The lowest BCUT2D eigenvalue weighted by atomic mass is 9.87. The van der Waals surface area contributed by atoms with E-state index in [4.69, 9.17) is 28.4 Å². The van der Waals surface area contributed by atoms with Gasteiger partial charge in [-0.15, -0.1) is 0 Å². The highest BCUT2D eigenvalue weighted by Crippen LogP contribution is 2.52. The summed E-state index contributed by atoms with van der Waals surface area (Å²) in [4.78, 5) is 32.9. The second-order valence-corrected chi connectivity index (χ2v) is 15.3. The molecule has 2 atom stereocenters. The van der Waals surface area contributed by atoms with Gasteiger partial charge >= 0.3 is 0 Å². The predicted octanol–water partition coefficient (Wildman–Crippen LogP) is 7.56. The molecule has 0 fully saturated rings. The van der Waals surface area contributed by atoms with Crippen LogP contribution in [0.3, 0.4) is 0 Å². The van der Waals surface area contributed by atoms with Crippen LogP contribution in [0.25, 0.3) is 0 Å². The summed E-state index contributed by atoms with van der Waals surface area (Å²) in [5.41, 5.74) is 7.39. The number of hydrogen-bond donors (Lipinski definition) is 1. The number of benzene rings is 4. The van der Waals surface area contributed by atoms with Crippen LogP contribution in [0.2, 0.25) is 0 Å². The fraction of sp³-hybridized carbons (Fsp3) is 0.340. The zero-order chi connectivity index (χ0) is 41.0. The van der Waals surface area contributed by atoms with Crippen molar-refractivity contribution in [2.45, 2.75) is 44.2 Å². The normalized spacial score (nSPS) is 17.3. The molecule has 4 aliphatic heterocycles. The molecule has 0 saturated heterocycles. The average molecular weight is 799 g/mol. The molecule has 12 nitrogen and oxygen atoms in total. The van der Waals surface area contributed by atoms with Crippen molar-refractivity contribution < 1.29 is 38.0 Å². The third-order valence-electron chi connectivity index (χ3n) is 11.7. The topological polar surface area (TPSA) is 121 Å². The Bertz CT molecular complexity index is 2350. The van der Waals surface area contributed by atoms with Gasteiger partial charge in [-0.25, -0.2) is 0 Å². The standard InChI is InChI=1S/C47H50N4O8/c1-50-18-14-31-24-40(54-3)42-26-35(31)37(50)21-29-7-10-34(11-8-29)58-41-23-30(9-12-39(41)57-20-6-16-49-47(53)36-27-48-17-13-33(36)28-52)22-38-44-32(15-19-51(38)2)25-43(55-4)45(56-5)46(44)59-42/h7-13,17,23-28,37-38H,6,14-16,18-22H2,1-5H3,(H,49,53)/t37-,38+/m0/s1. The Labute approximate surface area is 345 Å². The summed E-state index contributed by atoms with van der Waals surface area (Å²) in [7, 11) is 9.32. The van der Waals surface area contributed by atoms with Crippen LogP contribution in [-0.2, 0) is 25.7 Å². The van der Waals surface area contributed by atoms with Gasteiger partial charge < -0.3 is 33.7 Å². The molecule has 0 saturated carbocycles. The highest BCUT2D eigenvalue weighted by molar-refractivity contribution is 6.01. The van der Waals surface area contributed by atoms with Crippen LogP contribution in [0.15, 0.2) is 79.1 Å².